The number of fused-ring (bicyclic) bond motifs is 3. The average molecular weight is 919 g/mol. The molecule has 52 heavy (non-hydrogen) atoms. The zero-order chi connectivity index (χ0) is 38.1. The predicted octanol–water partition coefficient (Wildman–Crippen LogP) is 11.8. The topological polar surface area (TPSA) is 38.9 Å². The largest absolute Gasteiger partial charge is 0.501 e. The number of aromatic nitrogens is 2. The van der Waals surface area contributed by atoms with E-state index in [1.807, 2.05) is 78.9 Å². The number of benzene rings is 5. The maximum atomic E-state index is 7.91. The first-order chi connectivity index (χ1) is 25.8. The zero-order valence-corrected chi connectivity index (χ0v) is 34.5. The summed E-state index contributed by atoms with van der Waals surface area (Å²) >= 11 is -1.84. The molecule has 3 heterocycles. The number of hydrogen-bond donors (Lipinski definition) is 0. The van der Waals surface area contributed by atoms with Crippen molar-refractivity contribution in [1.82, 2.24) is 9.97 Å². The molecule has 0 aliphatic carbocycles. The summed E-state index contributed by atoms with van der Waals surface area (Å²) in [5.41, 5.74) is 9.11. The van der Waals surface area contributed by atoms with Crippen LogP contribution in [0.5, 0.6) is 0 Å². The SMILES string of the molecule is CC(C)(c1ccccc1)c1ccc[c-]c1-c1cc[c]([Ge]([CH3])([CH3])[CH3])cn1.[2H]C([2H])([2H])c1cnc(-c2[c-]ccc3c2oc2ccccc23)cc1-c1ccccc1.[Ir]. The normalized spacial score (nSPS) is 12.6. The van der Waals surface area contributed by atoms with Crippen LogP contribution in [0.1, 0.15) is 34.7 Å². The Labute approximate surface area is 328 Å². The summed E-state index contributed by atoms with van der Waals surface area (Å²) in [5, 5.41) is 2.01. The first-order valence-corrected chi connectivity index (χ1v) is 24.6. The van der Waals surface area contributed by atoms with Crippen LogP contribution >= 0.6 is 0 Å². The molecule has 8 aromatic rings. The van der Waals surface area contributed by atoms with Crippen LogP contribution in [0.3, 0.4) is 0 Å². The fourth-order valence-electron chi connectivity index (χ4n) is 6.49. The number of para-hydroxylation sites is 1. The minimum atomic E-state index is -2.26. The fraction of sp³-hybridized carbons (Fsp3) is 0.149. The van der Waals surface area contributed by atoms with Crippen molar-refractivity contribution in [2.45, 2.75) is 43.4 Å². The molecule has 3 aromatic heterocycles. The number of nitrogens with zero attached hydrogens (tertiary/aromatic N) is 2. The van der Waals surface area contributed by atoms with Crippen LogP contribution in [0.25, 0.3) is 55.6 Å². The van der Waals surface area contributed by atoms with Gasteiger partial charge in [-0.05, 0) is 35.3 Å². The maximum absolute atomic E-state index is 7.91. The molecule has 0 saturated carbocycles. The van der Waals surface area contributed by atoms with Gasteiger partial charge in [0.1, 0.15) is 5.58 Å². The summed E-state index contributed by atoms with van der Waals surface area (Å²) in [6.07, 6.45) is 3.52. The minimum absolute atomic E-state index is 0. The Kier molecular flexibility index (Phi) is 9.94. The molecule has 3 nitrogen and oxygen atoms in total. The van der Waals surface area contributed by atoms with Crippen LogP contribution in [-0.2, 0) is 25.5 Å². The second-order valence-corrected chi connectivity index (χ2v) is 25.0. The first-order valence-electron chi connectivity index (χ1n) is 18.7. The van der Waals surface area contributed by atoms with Crippen molar-refractivity contribution in [3.63, 3.8) is 0 Å². The summed E-state index contributed by atoms with van der Waals surface area (Å²) in [6.45, 7) is 2.29. The van der Waals surface area contributed by atoms with E-state index in [0.717, 1.165) is 33.2 Å². The van der Waals surface area contributed by atoms with E-state index in [1.165, 1.54) is 21.7 Å². The molecule has 0 fully saturated rings. The van der Waals surface area contributed by atoms with Gasteiger partial charge >= 0.3 is 154 Å². The van der Waals surface area contributed by atoms with Gasteiger partial charge in [-0.15, -0.1) is 18.2 Å². The predicted molar refractivity (Wildman–Crippen MR) is 216 cm³/mol. The maximum Gasteiger partial charge on any atom is 0.120 e. The third kappa shape index (κ3) is 7.61. The van der Waals surface area contributed by atoms with Gasteiger partial charge in [0, 0.05) is 35.8 Å². The number of hydrogen-bond acceptors (Lipinski definition) is 3. The van der Waals surface area contributed by atoms with E-state index < -0.39 is 20.1 Å². The van der Waals surface area contributed by atoms with Crippen molar-refractivity contribution >= 4 is 39.6 Å². The van der Waals surface area contributed by atoms with Gasteiger partial charge in [0.15, 0.2) is 0 Å². The fourth-order valence-corrected chi connectivity index (χ4v) is 8.67. The standard InChI is InChI=1S/C24H16NO.C23H26GeN.Ir/c1-16-15-25-22(14-21(16)17-8-3-2-4-9-17)20-12-7-11-19-18-10-5-6-13-23(18)26-24(19)20;1-23(2,18-11-7-6-8-12-18)21-14-10-9-13-20(21)22-16-15-19(17-25-22)24(3,4)5;/h2-11,13-15H,1H3;6-12,14-17H,1-5H3;/q2*-1;/i1D3;;. The summed E-state index contributed by atoms with van der Waals surface area (Å²) in [4.78, 5) is 9.27. The molecule has 0 bridgehead atoms. The quantitative estimate of drug-likeness (QED) is 0.123. The minimum Gasteiger partial charge on any atom is -0.501 e. The Hall–Kier alpha value is -4.61. The molecular weight excluding hydrogens is 873 g/mol. The Morgan fingerprint density at radius 1 is 0.673 bits per heavy atom. The molecule has 8 rings (SSSR count). The van der Waals surface area contributed by atoms with Crippen molar-refractivity contribution in [2.24, 2.45) is 0 Å². The van der Waals surface area contributed by atoms with E-state index in [0.29, 0.717) is 22.4 Å². The van der Waals surface area contributed by atoms with Gasteiger partial charge in [0.2, 0.25) is 0 Å². The van der Waals surface area contributed by atoms with Gasteiger partial charge in [0.05, 0.1) is 5.58 Å². The smallest absolute Gasteiger partial charge is 0.120 e. The van der Waals surface area contributed by atoms with Crippen LogP contribution in [-0.4, -0.2) is 23.2 Å². The van der Waals surface area contributed by atoms with E-state index in [4.69, 9.17) is 13.5 Å². The van der Waals surface area contributed by atoms with Crippen molar-refractivity contribution in [2.75, 3.05) is 0 Å². The molecule has 0 N–H and O–H groups in total. The molecule has 0 aliphatic heterocycles. The summed E-state index contributed by atoms with van der Waals surface area (Å²) in [5.74, 6) is 7.19. The van der Waals surface area contributed by atoms with Gasteiger partial charge in [-0.1, -0.05) is 65.5 Å². The van der Waals surface area contributed by atoms with E-state index in [2.05, 4.69) is 109 Å². The number of rotatable bonds is 6. The molecule has 5 aromatic carbocycles. The van der Waals surface area contributed by atoms with Crippen molar-refractivity contribution in [1.29, 1.82) is 0 Å². The third-order valence-electron chi connectivity index (χ3n) is 9.49. The number of aryl methyl sites for hydroxylation is 1. The first kappa shape index (κ1) is 33.2. The Morgan fingerprint density at radius 2 is 1.37 bits per heavy atom. The molecule has 5 heteroatoms. The molecule has 1 radical (unpaired) electrons. The second kappa shape index (κ2) is 15.6. The van der Waals surface area contributed by atoms with E-state index in [9.17, 15) is 0 Å². The molecule has 0 spiro atoms. The van der Waals surface area contributed by atoms with E-state index in [-0.39, 0.29) is 31.1 Å². The van der Waals surface area contributed by atoms with Gasteiger partial charge in [0.25, 0.3) is 0 Å². The molecular formula is C47H42GeIrN2O-2. The molecule has 0 amide bonds. The summed E-state index contributed by atoms with van der Waals surface area (Å²) in [7, 11) is 0. The van der Waals surface area contributed by atoms with Crippen molar-refractivity contribution in [3.8, 4) is 33.6 Å². The van der Waals surface area contributed by atoms with Crippen molar-refractivity contribution in [3.05, 3.63) is 175 Å². The summed E-state index contributed by atoms with van der Waals surface area (Å²) < 4.78 is 31.3. The Morgan fingerprint density at radius 3 is 2.08 bits per heavy atom. The van der Waals surface area contributed by atoms with Gasteiger partial charge in [-0.25, -0.2) is 0 Å². The zero-order valence-electron chi connectivity index (χ0n) is 33.0. The Balaban J connectivity index is 0.000000186. The van der Waals surface area contributed by atoms with E-state index in [1.54, 1.807) is 0 Å². The van der Waals surface area contributed by atoms with Gasteiger partial charge in [-0.3, -0.25) is 0 Å². The third-order valence-corrected chi connectivity index (χ3v) is 13.7. The van der Waals surface area contributed by atoms with Crippen LogP contribution < -0.4 is 4.40 Å². The Bertz CT molecular complexity index is 2540. The van der Waals surface area contributed by atoms with E-state index >= 15 is 0 Å². The average Bonchev–Trinajstić information content (AvgIpc) is 3.57. The van der Waals surface area contributed by atoms with Crippen LogP contribution in [0.15, 0.2) is 150 Å². The summed E-state index contributed by atoms with van der Waals surface area (Å²) in [6, 6.07) is 51.0. The van der Waals surface area contributed by atoms with Gasteiger partial charge < -0.3 is 9.40 Å². The molecule has 0 aliphatic rings. The molecule has 0 atom stereocenters. The number of furan rings is 1. The van der Waals surface area contributed by atoms with Crippen molar-refractivity contribution < 1.29 is 28.6 Å². The molecule has 0 saturated heterocycles. The molecule has 261 valence electrons. The van der Waals surface area contributed by atoms with Crippen LogP contribution in [0, 0.1) is 19.0 Å². The number of pyridine rings is 2. The van der Waals surface area contributed by atoms with Crippen LogP contribution in [0.2, 0.25) is 17.3 Å². The van der Waals surface area contributed by atoms with Crippen LogP contribution in [0.4, 0.5) is 0 Å². The van der Waals surface area contributed by atoms with Gasteiger partial charge in [-0.2, -0.15) is 0 Å². The monoisotopic (exact) mass is 920 g/mol. The molecule has 0 unspecified atom stereocenters. The second-order valence-electron chi connectivity index (χ2n) is 14.3.